The maximum absolute atomic E-state index is 14.1. The van der Waals surface area contributed by atoms with Crippen molar-refractivity contribution in [3.05, 3.63) is 47.0 Å². The van der Waals surface area contributed by atoms with Crippen molar-refractivity contribution in [2.75, 3.05) is 12.3 Å². The predicted octanol–water partition coefficient (Wildman–Crippen LogP) is 5.10. The summed E-state index contributed by atoms with van der Waals surface area (Å²) in [6, 6.07) is 7.36. The number of halogens is 4. The van der Waals surface area contributed by atoms with Crippen molar-refractivity contribution in [2.45, 2.75) is 56.3 Å². The number of ether oxygens (including phenoxy) is 1. The van der Waals surface area contributed by atoms with Crippen LogP contribution < -0.4 is 5.73 Å². The number of hydrogen-bond acceptors (Lipinski definition) is 5. The van der Waals surface area contributed by atoms with Crippen LogP contribution in [0, 0.1) is 0 Å². The first kappa shape index (κ1) is 25.3. The lowest BCUT2D eigenvalue weighted by molar-refractivity contribution is -0.158. The van der Waals surface area contributed by atoms with Crippen LogP contribution in [0.15, 0.2) is 41.3 Å². The highest BCUT2D eigenvalue weighted by Crippen LogP contribution is 2.47. The molecule has 6 nitrogen and oxygen atoms in total. The molecule has 0 aromatic heterocycles. The molecule has 0 bridgehead atoms. The number of esters is 1. The van der Waals surface area contributed by atoms with Crippen LogP contribution in [-0.4, -0.2) is 36.9 Å². The molecule has 33 heavy (non-hydrogen) atoms. The highest BCUT2D eigenvalue weighted by atomic mass is 35.5. The van der Waals surface area contributed by atoms with Gasteiger partial charge in [0.05, 0.1) is 16.3 Å². The molecule has 1 atom stereocenters. The molecule has 2 aromatic carbocycles. The lowest BCUT2D eigenvalue weighted by Gasteiger charge is -2.28. The second-order valence-electron chi connectivity index (χ2n) is 8.70. The van der Waals surface area contributed by atoms with E-state index in [0.29, 0.717) is 6.42 Å². The summed E-state index contributed by atoms with van der Waals surface area (Å²) in [4.78, 5) is 11.7. The van der Waals surface area contributed by atoms with Gasteiger partial charge in [0.2, 0.25) is 10.0 Å². The first-order valence-corrected chi connectivity index (χ1v) is 12.0. The smallest absolute Gasteiger partial charge is 0.418 e. The predicted molar refractivity (Wildman–Crippen MR) is 119 cm³/mol. The number of carbonyl (C=O) groups is 1. The van der Waals surface area contributed by atoms with E-state index in [-0.39, 0.29) is 24.1 Å². The summed E-state index contributed by atoms with van der Waals surface area (Å²) in [5, 5.41) is -1.03. The molecule has 1 aliphatic rings. The number of nitrogens with two attached hydrogens (primary N) is 1. The van der Waals surface area contributed by atoms with Gasteiger partial charge in [-0.15, -0.1) is 0 Å². The summed E-state index contributed by atoms with van der Waals surface area (Å²) >= 11 is 6.13. The van der Waals surface area contributed by atoms with Crippen molar-refractivity contribution in [1.82, 2.24) is 4.31 Å². The van der Waals surface area contributed by atoms with E-state index in [0.717, 1.165) is 10.4 Å². The Hall–Kier alpha value is -2.30. The van der Waals surface area contributed by atoms with Gasteiger partial charge in [-0.1, -0.05) is 41.9 Å². The molecular formula is C22H24ClF3N2O4S. The highest BCUT2D eigenvalue weighted by molar-refractivity contribution is 7.89. The molecule has 0 saturated carbocycles. The number of carbonyl (C=O) groups excluding carboxylic acids is 1. The molecule has 11 heteroatoms. The molecule has 0 aliphatic carbocycles. The first-order chi connectivity index (χ1) is 15.1. The number of hydrogen-bond donors (Lipinski definition) is 1. The van der Waals surface area contributed by atoms with E-state index in [9.17, 15) is 26.4 Å². The van der Waals surface area contributed by atoms with Crippen LogP contribution in [0.1, 0.15) is 39.2 Å². The van der Waals surface area contributed by atoms with Gasteiger partial charge >= 0.3 is 12.1 Å². The van der Waals surface area contributed by atoms with Gasteiger partial charge in [0.1, 0.15) is 16.5 Å². The Bertz CT molecular complexity index is 1160. The number of benzene rings is 2. The minimum Gasteiger partial charge on any atom is -0.459 e. The standard InChI is InChI=1S/C22H24ClF3N2O4S/c1-21(2,3)32-20(29)16-10-7-11-28(16)33(30,31)19-15(27)12-14(13-8-5-4-6-9-13)17(18(19)23)22(24,25)26/h4-6,8-9,12,16H,7,10-11,27H2,1-3H3/t16-/m0/s1. The Morgan fingerprint density at radius 2 is 1.79 bits per heavy atom. The average molecular weight is 505 g/mol. The van der Waals surface area contributed by atoms with Gasteiger partial charge in [0.25, 0.3) is 0 Å². The molecule has 0 unspecified atom stereocenters. The molecule has 1 aliphatic heterocycles. The van der Waals surface area contributed by atoms with Crippen LogP contribution in [0.3, 0.4) is 0 Å². The third-order valence-corrected chi connectivity index (χ3v) is 7.57. The fraction of sp³-hybridized carbons (Fsp3) is 0.409. The summed E-state index contributed by atoms with van der Waals surface area (Å²) in [6.07, 6.45) is -4.47. The number of nitrogens with zero attached hydrogens (tertiary/aromatic N) is 1. The molecule has 180 valence electrons. The Morgan fingerprint density at radius 3 is 2.33 bits per heavy atom. The molecule has 0 amide bonds. The summed E-state index contributed by atoms with van der Waals surface area (Å²) in [6.45, 7) is 4.81. The van der Waals surface area contributed by atoms with Gasteiger partial charge in [-0.25, -0.2) is 8.42 Å². The van der Waals surface area contributed by atoms with Crippen LogP contribution in [-0.2, 0) is 25.7 Å². The molecule has 1 saturated heterocycles. The summed E-state index contributed by atoms with van der Waals surface area (Å²) in [7, 11) is -4.66. The van der Waals surface area contributed by atoms with E-state index >= 15 is 0 Å². The van der Waals surface area contributed by atoms with Crippen LogP contribution >= 0.6 is 11.6 Å². The van der Waals surface area contributed by atoms with Gasteiger partial charge in [-0.2, -0.15) is 17.5 Å². The Morgan fingerprint density at radius 1 is 1.18 bits per heavy atom. The Kier molecular flexibility index (Phi) is 6.76. The highest BCUT2D eigenvalue weighted by Gasteiger charge is 2.46. The SMILES string of the molecule is CC(C)(C)OC(=O)[C@@H]1CCCN1S(=O)(=O)c1c(N)cc(-c2ccccc2)c(C(F)(F)F)c1Cl. The molecule has 2 aromatic rings. The minimum absolute atomic E-state index is 0.0796. The second-order valence-corrected chi connectivity index (χ2v) is 10.9. The fourth-order valence-electron chi connectivity index (χ4n) is 3.79. The fourth-order valence-corrected chi connectivity index (χ4v) is 6.21. The lowest BCUT2D eigenvalue weighted by Crippen LogP contribution is -2.43. The van der Waals surface area contributed by atoms with Crippen molar-refractivity contribution in [3.8, 4) is 11.1 Å². The number of anilines is 1. The zero-order valence-electron chi connectivity index (χ0n) is 18.2. The largest absolute Gasteiger partial charge is 0.459 e. The molecule has 2 N–H and O–H groups in total. The van der Waals surface area contributed by atoms with E-state index in [2.05, 4.69) is 0 Å². The van der Waals surface area contributed by atoms with E-state index in [1.807, 2.05) is 0 Å². The summed E-state index contributed by atoms with van der Waals surface area (Å²) in [5.74, 6) is -0.782. The molecule has 0 spiro atoms. The van der Waals surface area contributed by atoms with Crippen LogP contribution in [0.4, 0.5) is 18.9 Å². The zero-order valence-corrected chi connectivity index (χ0v) is 19.8. The monoisotopic (exact) mass is 504 g/mol. The van der Waals surface area contributed by atoms with E-state index < -0.39 is 55.0 Å². The third-order valence-electron chi connectivity index (χ3n) is 5.07. The van der Waals surface area contributed by atoms with Gasteiger partial charge in [-0.05, 0) is 50.8 Å². The summed E-state index contributed by atoms with van der Waals surface area (Å²) in [5.41, 5.74) is 3.19. The summed E-state index contributed by atoms with van der Waals surface area (Å²) < 4.78 is 75.2. The van der Waals surface area contributed by atoms with Crippen LogP contribution in [0.5, 0.6) is 0 Å². The molecule has 1 fully saturated rings. The first-order valence-electron chi connectivity index (χ1n) is 10.1. The quantitative estimate of drug-likeness (QED) is 0.462. The number of nitrogen functional groups attached to an aromatic ring is 1. The number of sulfonamides is 1. The van der Waals surface area contributed by atoms with E-state index in [1.54, 1.807) is 39.0 Å². The maximum Gasteiger partial charge on any atom is 0.418 e. The molecule has 1 heterocycles. The van der Waals surface area contributed by atoms with Crippen molar-refractivity contribution in [2.24, 2.45) is 0 Å². The maximum atomic E-state index is 14.1. The molecule has 3 rings (SSSR count). The normalized spacial score (nSPS) is 17.8. The van der Waals surface area contributed by atoms with Crippen molar-refractivity contribution in [1.29, 1.82) is 0 Å². The topological polar surface area (TPSA) is 89.7 Å². The second kappa shape index (κ2) is 8.81. The molecular weight excluding hydrogens is 481 g/mol. The van der Waals surface area contributed by atoms with Crippen molar-refractivity contribution >= 4 is 33.3 Å². The van der Waals surface area contributed by atoms with Gasteiger partial charge in [0, 0.05) is 6.54 Å². The Balaban J connectivity index is 2.17. The Labute approximate surface area is 195 Å². The van der Waals surface area contributed by atoms with Crippen LogP contribution in [0.2, 0.25) is 5.02 Å². The lowest BCUT2D eigenvalue weighted by atomic mass is 9.98. The van der Waals surface area contributed by atoms with Crippen molar-refractivity contribution in [3.63, 3.8) is 0 Å². The van der Waals surface area contributed by atoms with E-state index in [4.69, 9.17) is 22.1 Å². The zero-order chi connectivity index (χ0) is 24.8. The van der Waals surface area contributed by atoms with Crippen LogP contribution in [0.25, 0.3) is 11.1 Å². The van der Waals surface area contributed by atoms with E-state index in [1.165, 1.54) is 12.1 Å². The third kappa shape index (κ3) is 5.12. The van der Waals surface area contributed by atoms with Gasteiger partial charge in [0.15, 0.2) is 0 Å². The van der Waals surface area contributed by atoms with Crippen molar-refractivity contribution < 1.29 is 31.1 Å². The number of alkyl halides is 3. The molecule has 0 radical (unpaired) electrons. The van der Waals surface area contributed by atoms with Gasteiger partial charge in [-0.3, -0.25) is 4.79 Å². The number of rotatable bonds is 4. The minimum atomic E-state index is -4.96. The average Bonchev–Trinajstić information content (AvgIpc) is 3.16. The van der Waals surface area contributed by atoms with Gasteiger partial charge < -0.3 is 10.5 Å².